The summed E-state index contributed by atoms with van der Waals surface area (Å²) >= 11 is 1.43. The van der Waals surface area contributed by atoms with Crippen LogP contribution in [0.2, 0.25) is 0 Å². The molecule has 1 aromatic rings. The summed E-state index contributed by atoms with van der Waals surface area (Å²) in [7, 11) is 0. The van der Waals surface area contributed by atoms with Gasteiger partial charge >= 0.3 is 11.9 Å². The number of amides is 2. The number of hydrogen-bond donors (Lipinski definition) is 2. The third-order valence-corrected chi connectivity index (χ3v) is 9.11. The number of carboxylic acid groups (broad SMARTS) is 1. The molecule has 9 heteroatoms. The van der Waals surface area contributed by atoms with Gasteiger partial charge in [0.25, 0.3) is 0 Å². The van der Waals surface area contributed by atoms with Crippen molar-refractivity contribution in [3.63, 3.8) is 0 Å². The van der Waals surface area contributed by atoms with Crippen LogP contribution >= 0.6 is 11.8 Å². The lowest BCUT2D eigenvalue weighted by Crippen LogP contribution is -2.71. The van der Waals surface area contributed by atoms with Crippen molar-refractivity contribution in [2.45, 2.75) is 126 Å². The summed E-state index contributed by atoms with van der Waals surface area (Å²) in [6.07, 6.45) is 10.5. The molecule has 8 nitrogen and oxygen atoms in total. The minimum Gasteiger partial charge on any atom is -0.479 e. The zero-order chi connectivity index (χ0) is 28.4. The highest BCUT2D eigenvalue weighted by Gasteiger charge is 2.64. The molecule has 1 unspecified atom stereocenters. The van der Waals surface area contributed by atoms with Gasteiger partial charge in [-0.05, 0) is 32.3 Å². The van der Waals surface area contributed by atoms with Gasteiger partial charge in [-0.25, -0.2) is 9.59 Å². The number of thioether (sulfide) groups is 1. The standard InChI is InChI=1S/C30H44N2O6S/c1-4-5-6-7-8-9-10-11-12-16-19-22(28(35)36)38-29(37)25-30(2,3)39-27-24(26(34)32(25)27)31-23(33)20-21-17-14-13-15-18-21/h13-15,17-18,22,24-25,27H,4-12,16,19-20H2,1-3H3,(H,31,33)(H,35,36)/t22?,24-,25+,27-/m1/s1. The molecule has 2 saturated heterocycles. The summed E-state index contributed by atoms with van der Waals surface area (Å²) in [5.41, 5.74) is 0.849. The van der Waals surface area contributed by atoms with E-state index in [-0.39, 0.29) is 24.7 Å². The number of carboxylic acids is 1. The zero-order valence-corrected chi connectivity index (χ0v) is 24.3. The van der Waals surface area contributed by atoms with E-state index in [9.17, 15) is 24.3 Å². The first-order chi connectivity index (χ1) is 18.7. The Bertz CT molecular complexity index is 985. The summed E-state index contributed by atoms with van der Waals surface area (Å²) in [5, 5.41) is 12.1. The Morgan fingerprint density at radius 1 is 1.00 bits per heavy atom. The van der Waals surface area contributed by atoms with E-state index < -0.39 is 40.2 Å². The predicted molar refractivity (Wildman–Crippen MR) is 152 cm³/mol. The lowest BCUT2D eigenvalue weighted by atomic mass is 9.95. The van der Waals surface area contributed by atoms with Crippen LogP contribution in [0.5, 0.6) is 0 Å². The summed E-state index contributed by atoms with van der Waals surface area (Å²) in [6, 6.07) is 7.65. The van der Waals surface area contributed by atoms with E-state index >= 15 is 0 Å². The summed E-state index contributed by atoms with van der Waals surface area (Å²) in [5.74, 6) is -2.47. The topological polar surface area (TPSA) is 113 Å². The average molecular weight is 561 g/mol. The number of benzene rings is 1. The van der Waals surface area contributed by atoms with E-state index in [0.717, 1.165) is 24.8 Å². The van der Waals surface area contributed by atoms with E-state index in [4.69, 9.17) is 4.74 Å². The van der Waals surface area contributed by atoms with Gasteiger partial charge in [0.1, 0.15) is 17.5 Å². The Morgan fingerprint density at radius 2 is 1.59 bits per heavy atom. The number of aliphatic carboxylic acids is 1. The van der Waals surface area contributed by atoms with E-state index in [1.54, 1.807) is 0 Å². The van der Waals surface area contributed by atoms with Crippen molar-refractivity contribution in [2.24, 2.45) is 0 Å². The number of esters is 1. The molecule has 0 radical (unpaired) electrons. The van der Waals surface area contributed by atoms with Gasteiger partial charge in [0, 0.05) is 4.75 Å². The molecule has 0 spiro atoms. The molecule has 2 aliphatic heterocycles. The summed E-state index contributed by atoms with van der Waals surface area (Å²) in [4.78, 5) is 52.0. The maximum absolute atomic E-state index is 13.2. The van der Waals surface area contributed by atoms with E-state index in [1.807, 2.05) is 44.2 Å². The fourth-order valence-electron chi connectivity index (χ4n) is 5.39. The molecule has 0 aliphatic carbocycles. The van der Waals surface area contributed by atoms with Gasteiger partial charge in [0.05, 0.1) is 6.42 Å². The normalized spacial score (nSPS) is 22.1. The first-order valence-corrected chi connectivity index (χ1v) is 15.3. The molecule has 216 valence electrons. The Hall–Kier alpha value is -2.55. The number of carbonyl (C=O) groups excluding carboxylic acids is 3. The van der Waals surface area contributed by atoms with Crippen LogP contribution in [-0.2, 0) is 30.3 Å². The second kappa shape index (κ2) is 14.7. The molecule has 0 aromatic heterocycles. The Labute approximate surface area is 236 Å². The average Bonchev–Trinajstić information content (AvgIpc) is 3.15. The van der Waals surface area contributed by atoms with Crippen LogP contribution in [0.1, 0.15) is 97.0 Å². The van der Waals surface area contributed by atoms with Crippen molar-refractivity contribution in [1.29, 1.82) is 0 Å². The molecule has 3 rings (SSSR count). The number of nitrogens with one attached hydrogen (secondary N) is 1. The zero-order valence-electron chi connectivity index (χ0n) is 23.5. The van der Waals surface area contributed by atoms with Crippen molar-refractivity contribution in [1.82, 2.24) is 10.2 Å². The number of β-lactam (4-membered cyclic amide) rings is 1. The van der Waals surface area contributed by atoms with Gasteiger partial charge in [-0.2, -0.15) is 0 Å². The highest BCUT2D eigenvalue weighted by atomic mass is 32.2. The number of carbonyl (C=O) groups is 4. The van der Waals surface area contributed by atoms with Gasteiger partial charge in [-0.3, -0.25) is 9.59 Å². The lowest BCUT2D eigenvalue weighted by molar-refractivity contribution is -0.174. The highest BCUT2D eigenvalue weighted by molar-refractivity contribution is 8.01. The number of ether oxygens (including phenoxy) is 1. The molecule has 4 atom stereocenters. The van der Waals surface area contributed by atoms with Crippen molar-refractivity contribution < 1.29 is 29.0 Å². The van der Waals surface area contributed by atoms with Crippen molar-refractivity contribution in [2.75, 3.05) is 0 Å². The lowest BCUT2D eigenvalue weighted by Gasteiger charge is -2.44. The number of rotatable bonds is 17. The molecule has 39 heavy (non-hydrogen) atoms. The van der Waals surface area contributed by atoms with Crippen molar-refractivity contribution >= 4 is 35.5 Å². The highest BCUT2D eigenvalue weighted by Crippen LogP contribution is 2.51. The SMILES string of the molecule is CCCCCCCCCCCCC(OC(=O)[C@@H]1N2C(=O)[C@@H](NC(=O)Cc3ccccc3)[C@H]2SC1(C)C)C(=O)O. The molecule has 2 N–H and O–H groups in total. The molecular weight excluding hydrogens is 516 g/mol. The first-order valence-electron chi connectivity index (χ1n) is 14.4. The Balaban J connectivity index is 1.45. The largest absolute Gasteiger partial charge is 0.479 e. The number of unbranched alkanes of at least 4 members (excludes halogenated alkanes) is 9. The van der Waals surface area contributed by atoms with Gasteiger partial charge in [-0.1, -0.05) is 95.0 Å². The Morgan fingerprint density at radius 3 is 2.18 bits per heavy atom. The van der Waals surface area contributed by atoms with E-state index in [2.05, 4.69) is 12.2 Å². The molecular formula is C30H44N2O6S. The first kappa shape index (κ1) is 31.0. The van der Waals surface area contributed by atoms with Crippen LogP contribution in [0, 0.1) is 0 Å². The minimum atomic E-state index is -1.23. The predicted octanol–water partition coefficient (Wildman–Crippen LogP) is 5.08. The van der Waals surface area contributed by atoms with Crippen molar-refractivity contribution in [3.05, 3.63) is 35.9 Å². The molecule has 0 bridgehead atoms. The molecule has 1 aromatic carbocycles. The Kier molecular flexibility index (Phi) is 11.7. The number of fused-ring (bicyclic) bond motifs is 1. The van der Waals surface area contributed by atoms with Crippen LogP contribution in [0.25, 0.3) is 0 Å². The van der Waals surface area contributed by atoms with Crippen LogP contribution < -0.4 is 5.32 Å². The molecule has 2 heterocycles. The quantitative estimate of drug-likeness (QED) is 0.155. The van der Waals surface area contributed by atoms with Crippen LogP contribution in [0.4, 0.5) is 0 Å². The van der Waals surface area contributed by atoms with E-state index in [0.29, 0.717) is 6.42 Å². The van der Waals surface area contributed by atoms with Gasteiger partial charge in [0.15, 0.2) is 6.10 Å². The van der Waals surface area contributed by atoms with Crippen LogP contribution in [0.15, 0.2) is 30.3 Å². The van der Waals surface area contributed by atoms with Gasteiger partial charge < -0.3 is 20.1 Å². The number of hydrogen-bond acceptors (Lipinski definition) is 6. The summed E-state index contributed by atoms with van der Waals surface area (Å²) in [6.45, 7) is 5.90. The summed E-state index contributed by atoms with van der Waals surface area (Å²) < 4.78 is 4.79. The van der Waals surface area contributed by atoms with Crippen LogP contribution in [-0.4, -0.2) is 62.1 Å². The van der Waals surface area contributed by atoms with Crippen LogP contribution in [0.3, 0.4) is 0 Å². The second-order valence-electron chi connectivity index (χ2n) is 11.2. The maximum atomic E-state index is 13.2. The number of nitrogens with zero attached hydrogens (tertiary/aromatic N) is 1. The minimum absolute atomic E-state index is 0.163. The third-order valence-electron chi connectivity index (χ3n) is 7.54. The smallest absolute Gasteiger partial charge is 0.345 e. The van der Waals surface area contributed by atoms with E-state index in [1.165, 1.54) is 55.2 Å². The maximum Gasteiger partial charge on any atom is 0.345 e. The molecule has 0 saturated carbocycles. The fourth-order valence-corrected chi connectivity index (χ4v) is 7.01. The third kappa shape index (κ3) is 8.47. The van der Waals surface area contributed by atoms with Gasteiger partial charge in [-0.15, -0.1) is 11.8 Å². The monoisotopic (exact) mass is 560 g/mol. The van der Waals surface area contributed by atoms with Gasteiger partial charge in [0.2, 0.25) is 11.8 Å². The molecule has 2 fully saturated rings. The second-order valence-corrected chi connectivity index (χ2v) is 13.0. The molecule has 2 amide bonds. The van der Waals surface area contributed by atoms with Crippen molar-refractivity contribution in [3.8, 4) is 0 Å². The fraction of sp³-hybridized carbons (Fsp3) is 0.667. The molecule has 2 aliphatic rings.